The zero-order valence-corrected chi connectivity index (χ0v) is 10.8. The van der Waals surface area contributed by atoms with Gasteiger partial charge in [-0.15, -0.1) is 0 Å². The van der Waals surface area contributed by atoms with Crippen LogP contribution < -0.4 is 5.32 Å². The summed E-state index contributed by atoms with van der Waals surface area (Å²) in [6.07, 6.45) is 5.92. The highest BCUT2D eigenvalue weighted by Gasteiger charge is 2.11. The van der Waals surface area contributed by atoms with E-state index in [4.69, 9.17) is 0 Å². The van der Waals surface area contributed by atoms with Gasteiger partial charge in [-0.1, -0.05) is 6.92 Å². The van der Waals surface area contributed by atoms with Gasteiger partial charge in [-0.05, 0) is 6.42 Å². The zero-order valence-electron chi connectivity index (χ0n) is 9.97. The molecule has 1 rings (SSSR count). The molecular formula is C10H19N3O2S. The highest BCUT2D eigenvalue weighted by Crippen LogP contribution is 2.14. The Morgan fingerprint density at radius 1 is 1.56 bits per heavy atom. The monoisotopic (exact) mass is 245 g/mol. The van der Waals surface area contributed by atoms with Crippen LogP contribution in [0, 0.1) is 0 Å². The summed E-state index contributed by atoms with van der Waals surface area (Å²) in [6, 6.07) is 0.176. The van der Waals surface area contributed by atoms with E-state index >= 15 is 0 Å². The first kappa shape index (κ1) is 13.2. The van der Waals surface area contributed by atoms with Gasteiger partial charge in [0.05, 0.1) is 11.9 Å². The fourth-order valence-corrected chi connectivity index (χ4v) is 2.03. The topological polar surface area (TPSA) is 64.0 Å². The van der Waals surface area contributed by atoms with Crippen molar-refractivity contribution in [2.45, 2.75) is 19.4 Å². The molecule has 0 saturated heterocycles. The average molecular weight is 245 g/mol. The Morgan fingerprint density at radius 2 is 2.25 bits per heavy atom. The molecule has 1 heterocycles. The quantitative estimate of drug-likeness (QED) is 0.793. The van der Waals surface area contributed by atoms with E-state index in [1.165, 1.54) is 6.26 Å². The molecule has 0 fully saturated rings. The van der Waals surface area contributed by atoms with Gasteiger partial charge in [0, 0.05) is 37.7 Å². The molecule has 1 unspecified atom stereocenters. The van der Waals surface area contributed by atoms with Gasteiger partial charge in [-0.3, -0.25) is 4.68 Å². The number of hydrogen-bond donors (Lipinski definition) is 1. The predicted molar refractivity (Wildman–Crippen MR) is 64.0 cm³/mol. The second-order valence-electron chi connectivity index (χ2n) is 3.99. The van der Waals surface area contributed by atoms with Crippen molar-refractivity contribution in [1.82, 2.24) is 15.1 Å². The molecule has 0 spiro atoms. The Balaban J connectivity index is 2.50. The van der Waals surface area contributed by atoms with E-state index in [-0.39, 0.29) is 11.8 Å². The lowest BCUT2D eigenvalue weighted by molar-refractivity contribution is 0.532. The molecule has 5 nitrogen and oxygen atoms in total. The third-order valence-electron chi connectivity index (χ3n) is 2.40. The zero-order chi connectivity index (χ0) is 12.2. The molecule has 1 aromatic heterocycles. The highest BCUT2D eigenvalue weighted by molar-refractivity contribution is 7.90. The summed E-state index contributed by atoms with van der Waals surface area (Å²) in [4.78, 5) is 0. The van der Waals surface area contributed by atoms with Gasteiger partial charge in [0.2, 0.25) is 0 Å². The van der Waals surface area contributed by atoms with E-state index in [0.29, 0.717) is 6.54 Å². The molecule has 1 atom stereocenters. The number of aryl methyl sites for hydroxylation is 1. The predicted octanol–water partition coefficient (Wildman–Crippen LogP) is 0.505. The molecule has 0 aromatic carbocycles. The van der Waals surface area contributed by atoms with E-state index in [2.05, 4.69) is 17.3 Å². The lowest BCUT2D eigenvalue weighted by atomic mass is 10.1. The second kappa shape index (κ2) is 5.45. The van der Waals surface area contributed by atoms with Crippen molar-refractivity contribution >= 4 is 9.84 Å². The maximum Gasteiger partial charge on any atom is 0.148 e. The van der Waals surface area contributed by atoms with Crippen LogP contribution in [0.4, 0.5) is 0 Å². The number of sulfone groups is 1. The minimum Gasteiger partial charge on any atom is -0.309 e. The molecule has 0 bridgehead atoms. The minimum absolute atomic E-state index is 0.170. The Kier molecular flexibility index (Phi) is 4.49. The first-order valence-corrected chi connectivity index (χ1v) is 7.38. The van der Waals surface area contributed by atoms with Crippen LogP contribution in [0.2, 0.25) is 0 Å². The SMILES string of the molecule is CCC(NCCS(C)(=O)=O)c1cnn(C)c1. The summed E-state index contributed by atoms with van der Waals surface area (Å²) in [5, 5.41) is 7.32. The Hall–Kier alpha value is -0.880. The van der Waals surface area contributed by atoms with Crippen molar-refractivity contribution in [3.8, 4) is 0 Å². The standard InChI is InChI=1S/C10H19N3O2S/c1-4-10(9-7-12-13(2)8-9)11-5-6-16(3,14)15/h7-8,10-11H,4-6H2,1-3H3. The van der Waals surface area contributed by atoms with Crippen LogP contribution >= 0.6 is 0 Å². The molecule has 16 heavy (non-hydrogen) atoms. The van der Waals surface area contributed by atoms with E-state index in [1.807, 2.05) is 19.4 Å². The molecule has 0 saturated carbocycles. The van der Waals surface area contributed by atoms with Gasteiger partial charge in [0.25, 0.3) is 0 Å². The van der Waals surface area contributed by atoms with Crippen LogP contribution in [-0.2, 0) is 16.9 Å². The smallest absolute Gasteiger partial charge is 0.148 e. The largest absolute Gasteiger partial charge is 0.309 e. The summed E-state index contributed by atoms with van der Waals surface area (Å²) in [5.74, 6) is 0.170. The van der Waals surface area contributed by atoms with Crippen molar-refractivity contribution in [3.05, 3.63) is 18.0 Å². The first-order chi connectivity index (χ1) is 7.42. The van der Waals surface area contributed by atoms with Gasteiger partial charge in [0.15, 0.2) is 0 Å². The van der Waals surface area contributed by atoms with Crippen LogP contribution in [-0.4, -0.2) is 36.8 Å². The van der Waals surface area contributed by atoms with Gasteiger partial charge < -0.3 is 5.32 Å². The van der Waals surface area contributed by atoms with Crippen molar-refractivity contribution in [2.75, 3.05) is 18.6 Å². The summed E-state index contributed by atoms with van der Waals surface area (Å²) in [5.41, 5.74) is 1.10. The number of hydrogen-bond acceptors (Lipinski definition) is 4. The van der Waals surface area contributed by atoms with E-state index < -0.39 is 9.84 Å². The number of rotatable bonds is 6. The highest BCUT2D eigenvalue weighted by atomic mass is 32.2. The number of nitrogens with zero attached hydrogens (tertiary/aromatic N) is 2. The molecular weight excluding hydrogens is 226 g/mol. The summed E-state index contributed by atoms with van der Waals surface area (Å²) in [7, 11) is -1.02. The van der Waals surface area contributed by atoms with E-state index in [1.54, 1.807) is 4.68 Å². The third-order valence-corrected chi connectivity index (χ3v) is 3.34. The van der Waals surface area contributed by atoms with Crippen LogP contribution in [0.5, 0.6) is 0 Å². The average Bonchev–Trinajstić information content (AvgIpc) is 2.58. The lowest BCUT2D eigenvalue weighted by Gasteiger charge is -2.14. The van der Waals surface area contributed by atoms with Crippen LogP contribution in [0.1, 0.15) is 24.9 Å². The molecule has 0 aliphatic heterocycles. The van der Waals surface area contributed by atoms with Gasteiger partial charge in [-0.25, -0.2) is 8.42 Å². The van der Waals surface area contributed by atoms with Gasteiger partial charge >= 0.3 is 0 Å². The molecule has 6 heteroatoms. The number of nitrogens with one attached hydrogen (secondary N) is 1. The summed E-state index contributed by atoms with van der Waals surface area (Å²) < 4.78 is 23.7. The maximum absolute atomic E-state index is 11.0. The molecule has 0 aliphatic rings. The maximum atomic E-state index is 11.0. The normalized spacial score (nSPS) is 13.9. The van der Waals surface area contributed by atoms with Crippen molar-refractivity contribution in [1.29, 1.82) is 0 Å². The Bertz CT molecular complexity index is 425. The fraction of sp³-hybridized carbons (Fsp3) is 0.700. The molecule has 0 aliphatic carbocycles. The van der Waals surface area contributed by atoms with Crippen LogP contribution in [0.3, 0.4) is 0 Å². The summed E-state index contributed by atoms with van der Waals surface area (Å²) in [6.45, 7) is 2.54. The molecule has 1 aromatic rings. The molecule has 92 valence electrons. The number of aromatic nitrogens is 2. The molecule has 0 amide bonds. The molecule has 0 radical (unpaired) electrons. The third kappa shape index (κ3) is 4.32. The Labute approximate surface area is 96.8 Å². The van der Waals surface area contributed by atoms with Crippen molar-refractivity contribution in [2.24, 2.45) is 7.05 Å². The first-order valence-electron chi connectivity index (χ1n) is 5.32. The Morgan fingerprint density at radius 3 is 2.69 bits per heavy atom. The van der Waals surface area contributed by atoms with Crippen molar-refractivity contribution < 1.29 is 8.42 Å². The second-order valence-corrected chi connectivity index (χ2v) is 6.25. The van der Waals surface area contributed by atoms with Gasteiger partial charge in [0.1, 0.15) is 9.84 Å². The minimum atomic E-state index is -2.89. The fourth-order valence-electron chi connectivity index (χ4n) is 1.54. The lowest BCUT2D eigenvalue weighted by Crippen LogP contribution is -2.26. The molecule has 1 N–H and O–H groups in total. The van der Waals surface area contributed by atoms with Crippen LogP contribution in [0.25, 0.3) is 0 Å². The van der Waals surface area contributed by atoms with Gasteiger partial charge in [-0.2, -0.15) is 5.10 Å². The van der Waals surface area contributed by atoms with E-state index in [0.717, 1.165) is 12.0 Å². The van der Waals surface area contributed by atoms with Crippen molar-refractivity contribution in [3.63, 3.8) is 0 Å². The summed E-state index contributed by atoms with van der Waals surface area (Å²) >= 11 is 0. The van der Waals surface area contributed by atoms with E-state index in [9.17, 15) is 8.42 Å². The van der Waals surface area contributed by atoms with Crippen LogP contribution in [0.15, 0.2) is 12.4 Å².